The van der Waals surface area contributed by atoms with Crippen molar-refractivity contribution >= 4 is 37.4 Å². The first kappa shape index (κ1) is 14.2. The molecule has 1 aromatic carbocycles. The van der Waals surface area contributed by atoms with E-state index in [4.69, 9.17) is 0 Å². The Labute approximate surface area is 109 Å². The number of carbonyl (C=O) groups excluding carboxylic acids is 1. The quantitative estimate of drug-likeness (QED) is 0.929. The molecule has 0 saturated carbocycles. The van der Waals surface area contributed by atoms with Crippen LogP contribution in [0.1, 0.15) is 13.8 Å². The van der Waals surface area contributed by atoms with E-state index in [2.05, 4.69) is 21.2 Å². The number of rotatable bonds is 3. The lowest BCUT2D eigenvalue weighted by Crippen LogP contribution is -2.43. The van der Waals surface area contributed by atoms with Crippen LogP contribution in [-0.4, -0.2) is 25.3 Å². The molecule has 0 aliphatic heterocycles. The van der Waals surface area contributed by atoms with Gasteiger partial charge in [0, 0.05) is 10.7 Å². The molecule has 0 heterocycles. The Kier molecular flexibility index (Phi) is 3.99. The molecule has 0 spiro atoms. The lowest BCUT2D eigenvalue weighted by molar-refractivity contribution is -0.117. The molecule has 0 unspecified atom stereocenters. The van der Waals surface area contributed by atoms with Crippen molar-refractivity contribution < 1.29 is 13.2 Å². The number of halogens is 1. The van der Waals surface area contributed by atoms with Crippen molar-refractivity contribution in [3.63, 3.8) is 0 Å². The fourth-order valence-corrected chi connectivity index (χ4v) is 1.78. The summed E-state index contributed by atoms with van der Waals surface area (Å²) in [5.41, 5.74) is 0.550. The van der Waals surface area contributed by atoms with Crippen molar-refractivity contribution in [3.05, 3.63) is 28.7 Å². The van der Waals surface area contributed by atoms with Crippen molar-refractivity contribution in [2.24, 2.45) is 0 Å². The maximum Gasteiger partial charge on any atom is 0.245 e. The third-order valence-corrected chi connectivity index (χ3v) is 5.33. The van der Waals surface area contributed by atoms with Gasteiger partial charge < -0.3 is 5.32 Å². The third kappa shape index (κ3) is 3.07. The second kappa shape index (κ2) is 4.78. The summed E-state index contributed by atoms with van der Waals surface area (Å²) in [5.74, 6) is -0.549. The van der Waals surface area contributed by atoms with Crippen LogP contribution in [0.25, 0.3) is 0 Å². The lowest BCUT2D eigenvalue weighted by Gasteiger charge is -2.21. The summed E-state index contributed by atoms with van der Waals surface area (Å²) in [4.78, 5) is 11.9. The number of benzene rings is 1. The molecule has 0 aliphatic rings. The zero-order valence-corrected chi connectivity index (χ0v) is 12.2. The minimum absolute atomic E-state index is 0.549. The molecule has 1 amide bonds. The average molecular weight is 320 g/mol. The SMILES string of the molecule is CC(C)(C(=O)Nc1ccccc1Br)S(C)(=O)=O. The van der Waals surface area contributed by atoms with E-state index < -0.39 is 20.5 Å². The smallest absolute Gasteiger partial charge is 0.245 e. The topological polar surface area (TPSA) is 63.2 Å². The standard InChI is InChI=1S/C11H14BrNO3S/c1-11(2,17(3,15)16)10(14)13-9-7-5-4-6-8(9)12/h4-7H,1-3H3,(H,13,14). The molecule has 6 heteroatoms. The Morgan fingerprint density at radius 1 is 1.29 bits per heavy atom. The van der Waals surface area contributed by atoms with Crippen LogP contribution < -0.4 is 5.32 Å². The van der Waals surface area contributed by atoms with Gasteiger partial charge >= 0.3 is 0 Å². The summed E-state index contributed by atoms with van der Waals surface area (Å²) < 4.78 is 22.2. The predicted octanol–water partition coefficient (Wildman–Crippen LogP) is 2.21. The summed E-state index contributed by atoms with van der Waals surface area (Å²) in [7, 11) is -3.46. The van der Waals surface area contributed by atoms with Gasteiger partial charge in [-0.3, -0.25) is 4.79 Å². The van der Waals surface area contributed by atoms with Gasteiger partial charge in [0.05, 0.1) is 5.69 Å². The predicted molar refractivity (Wildman–Crippen MR) is 71.7 cm³/mol. The monoisotopic (exact) mass is 319 g/mol. The molecule has 4 nitrogen and oxygen atoms in total. The van der Waals surface area contributed by atoms with E-state index in [1.807, 2.05) is 0 Å². The van der Waals surface area contributed by atoms with Gasteiger partial charge in [0.2, 0.25) is 5.91 Å². The van der Waals surface area contributed by atoms with E-state index in [1.54, 1.807) is 24.3 Å². The molecule has 1 N–H and O–H groups in total. The van der Waals surface area contributed by atoms with Crippen LogP contribution in [0.4, 0.5) is 5.69 Å². The van der Waals surface area contributed by atoms with Gasteiger partial charge in [0.25, 0.3) is 0 Å². The van der Waals surface area contributed by atoms with Crippen molar-refractivity contribution in [3.8, 4) is 0 Å². The maximum absolute atomic E-state index is 11.9. The zero-order chi connectivity index (χ0) is 13.3. The molecular weight excluding hydrogens is 306 g/mol. The van der Waals surface area contributed by atoms with Crippen molar-refractivity contribution in [2.45, 2.75) is 18.6 Å². The number of carbonyl (C=O) groups is 1. The van der Waals surface area contributed by atoms with E-state index in [9.17, 15) is 13.2 Å². The summed E-state index contributed by atoms with van der Waals surface area (Å²) in [6.45, 7) is 2.77. The van der Waals surface area contributed by atoms with Crippen molar-refractivity contribution in [1.82, 2.24) is 0 Å². The molecule has 0 bridgehead atoms. The first-order valence-corrected chi connectivity index (χ1v) is 7.60. The molecule has 94 valence electrons. The van der Waals surface area contributed by atoms with Gasteiger partial charge in [-0.05, 0) is 41.9 Å². The van der Waals surface area contributed by atoms with Gasteiger partial charge in [-0.25, -0.2) is 8.42 Å². The first-order valence-electron chi connectivity index (χ1n) is 4.92. The Bertz CT molecular complexity index is 537. The highest BCUT2D eigenvalue weighted by Crippen LogP contribution is 2.24. The highest BCUT2D eigenvalue weighted by atomic mass is 79.9. The highest BCUT2D eigenvalue weighted by Gasteiger charge is 2.38. The number of hydrogen-bond donors (Lipinski definition) is 1. The third-order valence-electron chi connectivity index (χ3n) is 2.60. The second-order valence-corrected chi connectivity index (χ2v) is 7.64. The highest BCUT2D eigenvalue weighted by molar-refractivity contribution is 9.10. The van der Waals surface area contributed by atoms with E-state index in [1.165, 1.54) is 13.8 Å². The van der Waals surface area contributed by atoms with E-state index >= 15 is 0 Å². The van der Waals surface area contributed by atoms with Crippen molar-refractivity contribution in [2.75, 3.05) is 11.6 Å². The molecule has 0 fully saturated rings. The zero-order valence-electron chi connectivity index (χ0n) is 9.82. The maximum atomic E-state index is 11.9. The minimum Gasteiger partial charge on any atom is -0.324 e. The molecule has 0 aliphatic carbocycles. The number of sulfone groups is 1. The Morgan fingerprint density at radius 2 is 1.82 bits per heavy atom. The number of hydrogen-bond acceptors (Lipinski definition) is 3. The van der Waals surface area contributed by atoms with Crippen LogP contribution in [0.2, 0.25) is 0 Å². The van der Waals surface area contributed by atoms with Gasteiger partial charge in [-0.1, -0.05) is 12.1 Å². The van der Waals surface area contributed by atoms with Crippen LogP contribution in [0.15, 0.2) is 28.7 Å². The number of para-hydroxylation sites is 1. The number of nitrogens with one attached hydrogen (secondary N) is 1. The van der Waals surface area contributed by atoms with Crippen LogP contribution in [0, 0.1) is 0 Å². The van der Waals surface area contributed by atoms with Crippen molar-refractivity contribution in [1.29, 1.82) is 0 Å². The molecule has 0 atom stereocenters. The number of amides is 1. The molecule has 17 heavy (non-hydrogen) atoms. The van der Waals surface area contributed by atoms with Gasteiger partial charge in [0.1, 0.15) is 4.75 Å². The summed E-state index contributed by atoms with van der Waals surface area (Å²) in [6.07, 6.45) is 1.05. The number of anilines is 1. The molecule has 0 aromatic heterocycles. The summed E-state index contributed by atoms with van der Waals surface area (Å²) in [5, 5.41) is 2.59. The molecule has 1 aromatic rings. The Balaban J connectivity index is 2.99. The lowest BCUT2D eigenvalue weighted by atomic mass is 10.2. The van der Waals surface area contributed by atoms with Gasteiger partial charge in [0.15, 0.2) is 9.84 Å². The Hall–Kier alpha value is -0.880. The fourth-order valence-electron chi connectivity index (χ4n) is 1.00. The van der Waals surface area contributed by atoms with Crippen LogP contribution in [-0.2, 0) is 14.6 Å². The normalized spacial score (nSPS) is 12.2. The van der Waals surface area contributed by atoms with Gasteiger partial charge in [-0.15, -0.1) is 0 Å². The first-order chi connectivity index (χ1) is 7.66. The molecular formula is C11H14BrNO3S. The van der Waals surface area contributed by atoms with Crippen LogP contribution >= 0.6 is 15.9 Å². The summed E-state index contributed by atoms with van der Waals surface area (Å²) in [6, 6.07) is 7.03. The van der Waals surface area contributed by atoms with Crippen LogP contribution in [0.5, 0.6) is 0 Å². The minimum atomic E-state index is -3.46. The molecule has 0 radical (unpaired) electrons. The summed E-state index contributed by atoms with van der Waals surface area (Å²) >= 11 is 3.28. The van der Waals surface area contributed by atoms with E-state index in [-0.39, 0.29) is 0 Å². The fraction of sp³-hybridized carbons (Fsp3) is 0.364. The largest absolute Gasteiger partial charge is 0.324 e. The molecule has 0 saturated heterocycles. The Morgan fingerprint density at radius 3 is 2.29 bits per heavy atom. The van der Waals surface area contributed by atoms with E-state index in [0.717, 1.165) is 6.26 Å². The molecule has 1 rings (SSSR count). The van der Waals surface area contributed by atoms with E-state index in [0.29, 0.717) is 10.2 Å². The average Bonchev–Trinajstić information content (AvgIpc) is 2.19. The van der Waals surface area contributed by atoms with Gasteiger partial charge in [-0.2, -0.15) is 0 Å². The van der Waals surface area contributed by atoms with Crippen LogP contribution in [0.3, 0.4) is 0 Å². The second-order valence-electron chi connectivity index (χ2n) is 4.22.